The van der Waals surface area contributed by atoms with Crippen LogP contribution in [0.1, 0.15) is 56.8 Å². The van der Waals surface area contributed by atoms with E-state index in [1.165, 1.54) is 25.7 Å². The summed E-state index contributed by atoms with van der Waals surface area (Å²) in [6, 6.07) is 3.84. The normalized spacial score (nSPS) is 17.0. The second-order valence-electron chi connectivity index (χ2n) is 6.71. The molecule has 1 fully saturated rings. The minimum Gasteiger partial charge on any atom is -0.392 e. The van der Waals surface area contributed by atoms with Gasteiger partial charge in [-0.3, -0.25) is 4.79 Å². The fourth-order valence-corrected chi connectivity index (χ4v) is 2.98. The van der Waals surface area contributed by atoms with Gasteiger partial charge >= 0.3 is 0 Å². The van der Waals surface area contributed by atoms with E-state index in [0.29, 0.717) is 12.1 Å². The van der Waals surface area contributed by atoms with Crippen molar-refractivity contribution in [3.63, 3.8) is 0 Å². The fourth-order valence-electron chi connectivity index (χ4n) is 2.98. The number of carbonyl (C=O) groups excluding carboxylic acids is 1. The van der Waals surface area contributed by atoms with Gasteiger partial charge in [-0.2, -0.15) is 0 Å². The lowest BCUT2D eigenvalue weighted by atomic mass is 10.2. The maximum atomic E-state index is 12.6. The number of aliphatic hydroxyl groups is 1. The Morgan fingerprint density at radius 3 is 2.35 bits per heavy atom. The monoisotopic (exact) mass is 319 g/mol. The van der Waals surface area contributed by atoms with Crippen LogP contribution in [-0.4, -0.2) is 52.7 Å². The van der Waals surface area contributed by atoms with Crippen LogP contribution in [0.5, 0.6) is 0 Å². The molecule has 0 saturated carbocycles. The van der Waals surface area contributed by atoms with Gasteiger partial charge in [0.2, 0.25) is 0 Å². The third-order valence-corrected chi connectivity index (χ3v) is 4.27. The topological polar surface area (TPSA) is 56.7 Å². The number of aliphatic hydroxyl groups excluding tert-OH is 1. The van der Waals surface area contributed by atoms with E-state index in [2.05, 4.69) is 9.88 Å². The zero-order valence-electron chi connectivity index (χ0n) is 14.5. The summed E-state index contributed by atoms with van der Waals surface area (Å²) >= 11 is 0. The Bertz CT molecular complexity index is 491. The van der Waals surface area contributed by atoms with Crippen molar-refractivity contribution in [2.24, 2.45) is 0 Å². The molecule has 1 aromatic heterocycles. The van der Waals surface area contributed by atoms with Gasteiger partial charge in [0.1, 0.15) is 5.82 Å². The van der Waals surface area contributed by atoms with Crippen molar-refractivity contribution in [3.8, 4) is 0 Å². The van der Waals surface area contributed by atoms with Crippen LogP contribution in [0.3, 0.4) is 0 Å². The zero-order chi connectivity index (χ0) is 16.8. The summed E-state index contributed by atoms with van der Waals surface area (Å²) < 4.78 is 0. The van der Waals surface area contributed by atoms with Crippen LogP contribution in [0.15, 0.2) is 18.3 Å². The van der Waals surface area contributed by atoms with Crippen LogP contribution in [0, 0.1) is 0 Å². The van der Waals surface area contributed by atoms with E-state index in [0.717, 1.165) is 18.9 Å². The van der Waals surface area contributed by atoms with Crippen LogP contribution >= 0.6 is 0 Å². The highest BCUT2D eigenvalue weighted by Gasteiger charge is 2.21. The molecule has 2 rings (SSSR count). The first-order valence-electron chi connectivity index (χ1n) is 8.69. The number of pyridine rings is 1. The lowest BCUT2D eigenvalue weighted by Gasteiger charge is -2.28. The maximum Gasteiger partial charge on any atom is 0.255 e. The summed E-state index contributed by atoms with van der Waals surface area (Å²) in [5.41, 5.74) is 0.581. The van der Waals surface area contributed by atoms with Crippen molar-refractivity contribution in [2.75, 3.05) is 24.5 Å². The van der Waals surface area contributed by atoms with E-state index >= 15 is 0 Å². The Kier molecular flexibility index (Phi) is 6.39. The lowest BCUT2D eigenvalue weighted by molar-refractivity contribution is 0.0578. The summed E-state index contributed by atoms with van der Waals surface area (Å²) in [4.78, 5) is 21.1. The molecule has 0 spiro atoms. The van der Waals surface area contributed by atoms with E-state index < -0.39 is 6.10 Å². The smallest absolute Gasteiger partial charge is 0.255 e. The van der Waals surface area contributed by atoms with Gasteiger partial charge in [-0.05, 0) is 45.7 Å². The Morgan fingerprint density at radius 2 is 1.87 bits per heavy atom. The third kappa shape index (κ3) is 4.93. The van der Waals surface area contributed by atoms with Gasteiger partial charge in [0.15, 0.2) is 0 Å². The maximum absolute atomic E-state index is 12.6. The fraction of sp³-hybridized carbons (Fsp3) is 0.667. The van der Waals surface area contributed by atoms with Crippen molar-refractivity contribution in [3.05, 3.63) is 23.9 Å². The minimum atomic E-state index is -0.536. The molecule has 1 aliphatic rings. The van der Waals surface area contributed by atoms with E-state index in [9.17, 15) is 9.90 Å². The molecule has 1 aliphatic heterocycles. The number of carbonyl (C=O) groups is 1. The van der Waals surface area contributed by atoms with Crippen molar-refractivity contribution >= 4 is 11.7 Å². The first-order valence-corrected chi connectivity index (χ1v) is 8.69. The number of amides is 1. The molecule has 5 heteroatoms. The molecule has 1 saturated heterocycles. The number of aromatic nitrogens is 1. The Labute approximate surface area is 139 Å². The lowest BCUT2D eigenvalue weighted by Crippen LogP contribution is -2.41. The molecule has 0 bridgehead atoms. The molecule has 5 nitrogen and oxygen atoms in total. The van der Waals surface area contributed by atoms with Crippen LogP contribution in [0.25, 0.3) is 0 Å². The molecule has 1 atom stereocenters. The van der Waals surface area contributed by atoms with Crippen molar-refractivity contribution in [2.45, 2.75) is 58.6 Å². The van der Waals surface area contributed by atoms with Crippen LogP contribution in [0.4, 0.5) is 5.82 Å². The molecule has 1 amide bonds. The molecular weight excluding hydrogens is 290 g/mol. The summed E-state index contributed by atoms with van der Waals surface area (Å²) in [6.45, 7) is 8.03. The van der Waals surface area contributed by atoms with Crippen molar-refractivity contribution in [1.29, 1.82) is 0 Å². The largest absolute Gasteiger partial charge is 0.392 e. The highest BCUT2D eigenvalue weighted by atomic mass is 16.3. The molecule has 0 aromatic carbocycles. The van der Waals surface area contributed by atoms with Crippen LogP contribution in [-0.2, 0) is 0 Å². The number of hydrogen-bond acceptors (Lipinski definition) is 4. The van der Waals surface area contributed by atoms with Crippen molar-refractivity contribution in [1.82, 2.24) is 9.88 Å². The molecule has 128 valence electrons. The number of nitrogens with zero attached hydrogens (tertiary/aromatic N) is 3. The Morgan fingerprint density at radius 1 is 1.22 bits per heavy atom. The number of rotatable bonds is 5. The number of hydrogen-bond donors (Lipinski definition) is 1. The Hall–Kier alpha value is -1.62. The molecule has 2 heterocycles. The average Bonchev–Trinajstić information content (AvgIpc) is 2.81. The number of anilines is 1. The standard InChI is InChI=1S/C18H29N3O2/c1-14(2)21(13-15(3)22)18(23)16-8-9-17(19-12-16)20-10-6-4-5-7-11-20/h8-9,12,14-15,22H,4-7,10-11,13H2,1-3H3. The minimum absolute atomic E-state index is 0.0439. The first-order chi connectivity index (χ1) is 11.0. The first kappa shape index (κ1) is 17.7. The van der Waals surface area contributed by atoms with Gasteiger partial charge in [0, 0.05) is 31.9 Å². The van der Waals surface area contributed by atoms with Crippen LogP contribution in [0.2, 0.25) is 0 Å². The van der Waals surface area contributed by atoms with Gasteiger partial charge in [0.05, 0.1) is 11.7 Å². The highest BCUT2D eigenvalue weighted by Crippen LogP contribution is 2.18. The average molecular weight is 319 g/mol. The molecule has 1 N–H and O–H groups in total. The van der Waals surface area contributed by atoms with Crippen LogP contribution < -0.4 is 4.90 Å². The van der Waals surface area contributed by atoms with Gasteiger partial charge < -0.3 is 14.9 Å². The summed E-state index contributed by atoms with van der Waals surface area (Å²) in [6.07, 6.45) is 6.12. The summed E-state index contributed by atoms with van der Waals surface area (Å²) in [5.74, 6) is 0.880. The predicted octanol–water partition coefficient (Wildman–Crippen LogP) is 2.69. The van der Waals surface area contributed by atoms with Gasteiger partial charge in [-0.25, -0.2) is 4.98 Å². The molecule has 0 radical (unpaired) electrons. The summed E-state index contributed by atoms with van der Waals surface area (Å²) in [5, 5.41) is 9.59. The van der Waals surface area contributed by atoms with E-state index in [1.54, 1.807) is 18.0 Å². The second-order valence-corrected chi connectivity index (χ2v) is 6.71. The molecule has 0 aliphatic carbocycles. The van der Waals surface area contributed by atoms with E-state index in [1.807, 2.05) is 26.0 Å². The Balaban J connectivity index is 2.09. The van der Waals surface area contributed by atoms with Gasteiger partial charge in [-0.15, -0.1) is 0 Å². The molecule has 23 heavy (non-hydrogen) atoms. The second kappa shape index (κ2) is 8.29. The third-order valence-electron chi connectivity index (χ3n) is 4.27. The quantitative estimate of drug-likeness (QED) is 0.906. The van der Waals surface area contributed by atoms with E-state index in [4.69, 9.17) is 0 Å². The SMILES string of the molecule is CC(O)CN(C(=O)c1ccc(N2CCCCCC2)nc1)C(C)C. The van der Waals surface area contributed by atoms with Crippen molar-refractivity contribution < 1.29 is 9.90 Å². The highest BCUT2D eigenvalue weighted by molar-refractivity contribution is 5.94. The molecular formula is C18H29N3O2. The summed E-state index contributed by atoms with van der Waals surface area (Å²) in [7, 11) is 0. The van der Waals surface area contributed by atoms with Gasteiger partial charge in [-0.1, -0.05) is 12.8 Å². The zero-order valence-corrected chi connectivity index (χ0v) is 14.5. The molecule has 1 unspecified atom stereocenters. The predicted molar refractivity (Wildman–Crippen MR) is 92.8 cm³/mol. The van der Waals surface area contributed by atoms with Gasteiger partial charge in [0.25, 0.3) is 5.91 Å². The molecule has 1 aromatic rings. The van der Waals surface area contributed by atoms with E-state index in [-0.39, 0.29) is 11.9 Å².